The third kappa shape index (κ3) is 4.74. The van der Waals surface area contributed by atoms with E-state index in [1.807, 2.05) is 43.1 Å². The lowest BCUT2D eigenvalue weighted by atomic mass is 9.72. The molecule has 3 aromatic heterocycles. The number of hydrogen-bond donors (Lipinski definition) is 2. The molecule has 0 atom stereocenters. The molecule has 2 N–H and O–H groups in total. The van der Waals surface area contributed by atoms with E-state index < -0.39 is 0 Å². The molecule has 1 aliphatic heterocycles. The van der Waals surface area contributed by atoms with Crippen LogP contribution in [0.5, 0.6) is 0 Å². The standard InChI is InChI=1S/C25H31N9O/c1-32(2)14-21(35)26-15-25(20-6-4-5-18(11-20)19-12-31-33(3)13-19)7-9-34(10-8-25)24-22-23(28-16-27-22)29-17-30-24/h4-6,11-13,16-17H,7-10,14-15H2,1-3H3,(H,26,35)(H,27,28,29,30). The highest BCUT2D eigenvalue weighted by Gasteiger charge is 2.37. The van der Waals surface area contributed by atoms with Gasteiger partial charge in [-0.15, -0.1) is 0 Å². The molecular weight excluding hydrogens is 442 g/mol. The Bertz CT molecular complexity index is 1320. The molecule has 182 valence electrons. The molecule has 0 saturated carbocycles. The number of hydrogen-bond acceptors (Lipinski definition) is 7. The van der Waals surface area contributed by atoms with Gasteiger partial charge in [-0.2, -0.15) is 5.10 Å². The first-order valence-electron chi connectivity index (χ1n) is 11.8. The molecule has 4 heterocycles. The SMILES string of the molecule is CN(C)CC(=O)NCC1(c2cccc(-c3cnn(C)c3)c2)CCN(c2ncnc3nc[nH]c23)CC1. The van der Waals surface area contributed by atoms with Crippen molar-refractivity contribution in [1.29, 1.82) is 0 Å². The molecule has 0 unspecified atom stereocenters. The molecule has 1 saturated heterocycles. The fourth-order valence-corrected chi connectivity index (χ4v) is 4.92. The number of amides is 1. The second kappa shape index (κ2) is 9.46. The fraction of sp³-hybridized carbons (Fsp3) is 0.400. The predicted octanol–water partition coefficient (Wildman–Crippen LogP) is 1.97. The Balaban J connectivity index is 1.43. The number of nitrogens with zero attached hydrogens (tertiary/aromatic N) is 7. The monoisotopic (exact) mass is 473 g/mol. The van der Waals surface area contributed by atoms with Gasteiger partial charge in [-0.3, -0.25) is 9.48 Å². The number of fused-ring (bicyclic) bond motifs is 1. The third-order valence-electron chi connectivity index (χ3n) is 6.82. The number of aromatic nitrogens is 6. The van der Waals surface area contributed by atoms with Crippen molar-refractivity contribution < 1.29 is 4.79 Å². The van der Waals surface area contributed by atoms with Gasteiger partial charge in [0.15, 0.2) is 11.5 Å². The summed E-state index contributed by atoms with van der Waals surface area (Å²) in [6, 6.07) is 8.66. The van der Waals surface area contributed by atoms with Gasteiger partial charge in [0.1, 0.15) is 11.8 Å². The second-order valence-corrected chi connectivity index (χ2v) is 9.56. The average Bonchev–Trinajstić information content (AvgIpc) is 3.52. The zero-order valence-corrected chi connectivity index (χ0v) is 20.4. The van der Waals surface area contributed by atoms with Crippen LogP contribution in [0, 0.1) is 0 Å². The van der Waals surface area contributed by atoms with E-state index in [0.717, 1.165) is 48.4 Å². The number of benzene rings is 1. The van der Waals surface area contributed by atoms with Gasteiger partial charge in [0, 0.05) is 43.9 Å². The van der Waals surface area contributed by atoms with Gasteiger partial charge in [0.05, 0.1) is 19.1 Å². The number of aromatic amines is 1. The summed E-state index contributed by atoms with van der Waals surface area (Å²) in [7, 11) is 5.74. The number of anilines is 1. The van der Waals surface area contributed by atoms with Crippen molar-refractivity contribution in [2.45, 2.75) is 18.3 Å². The number of carbonyl (C=O) groups is 1. The van der Waals surface area contributed by atoms with E-state index in [9.17, 15) is 4.79 Å². The second-order valence-electron chi connectivity index (χ2n) is 9.56. The maximum Gasteiger partial charge on any atom is 0.234 e. The summed E-state index contributed by atoms with van der Waals surface area (Å²) >= 11 is 0. The van der Waals surface area contributed by atoms with E-state index in [1.54, 1.807) is 12.7 Å². The lowest BCUT2D eigenvalue weighted by molar-refractivity contribution is -0.122. The first-order valence-corrected chi connectivity index (χ1v) is 11.8. The number of rotatable bonds is 7. The zero-order chi connectivity index (χ0) is 24.4. The van der Waals surface area contributed by atoms with Crippen LogP contribution in [-0.2, 0) is 17.3 Å². The maximum atomic E-state index is 12.6. The largest absolute Gasteiger partial charge is 0.355 e. The van der Waals surface area contributed by atoms with E-state index in [4.69, 9.17) is 0 Å². The van der Waals surface area contributed by atoms with Gasteiger partial charge >= 0.3 is 0 Å². The molecule has 10 nitrogen and oxygen atoms in total. The number of nitrogens with one attached hydrogen (secondary N) is 2. The summed E-state index contributed by atoms with van der Waals surface area (Å²) in [5.74, 6) is 0.914. The zero-order valence-electron chi connectivity index (χ0n) is 20.4. The Morgan fingerprint density at radius 3 is 2.74 bits per heavy atom. The molecule has 1 aromatic carbocycles. The van der Waals surface area contributed by atoms with Gasteiger partial charge < -0.3 is 20.1 Å². The summed E-state index contributed by atoms with van der Waals surface area (Å²) in [5.41, 5.74) is 4.80. The molecule has 5 rings (SSSR count). The third-order valence-corrected chi connectivity index (χ3v) is 6.82. The van der Waals surface area contributed by atoms with Crippen LogP contribution in [0.25, 0.3) is 22.3 Å². The van der Waals surface area contributed by atoms with Crippen LogP contribution in [0.2, 0.25) is 0 Å². The van der Waals surface area contributed by atoms with E-state index in [2.05, 4.69) is 59.5 Å². The molecule has 1 aliphatic rings. The minimum atomic E-state index is -0.184. The number of H-pyrrole nitrogens is 1. The molecule has 0 bridgehead atoms. The van der Waals surface area contributed by atoms with Crippen molar-refractivity contribution in [2.75, 3.05) is 45.2 Å². The van der Waals surface area contributed by atoms with Gasteiger partial charge in [0.2, 0.25) is 5.91 Å². The van der Waals surface area contributed by atoms with Crippen molar-refractivity contribution in [3.05, 3.63) is 54.9 Å². The Morgan fingerprint density at radius 1 is 1.17 bits per heavy atom. The minimum Gasteiger partial charge on any atom is -0.355 e. The normalized spacial score (nSPS) is 15.6. The molecule has 1 fully saturated rings. The summed E-state index contributed by atoms with van der Waals surface area (Å²) in [5, 5.41) is 7.54. The van der Waals surface area contributed by atoms with Crippen LogP contribution in [0.4, 0.5) is 5.82 Å². The van der Waals surface area contributed by atoms with Crippen molar-refractivity contribution in [1.82, 2.24) is 39.9 Å². The average molecular weight is 474 g/mol. The predicted molar refractivity (Wildman–Crippen MR) is 135 cm³/mol. The van der Waals surface area contributed by atoms with Crippen molar-refractivity contribution in [3.63, 3.8) is 0 Å². The summed E-state index contributed by atoms with van der Waals surface area (Å²) in [6.07, 6.45) is 8.90. The Morgan fingerprint density at radius 2 is 2.00 bits per heavy atom. The van der Waals surface area contributed by atoms with Crippen molar-refractivity contribution in [3.8, 4) is 11.1 Å². The smallest absolute Gasteiger partial charge is 0.234 e. The van der Waals surface area contributed by atoms with Crippen LogP contribution in [0.15, 0.2) is 49.3 Å². The maximum absolute atomic E-state index is 12.6. The number of piperidine rings is 1. The molecule has 0 spiro atoms. The van der Waals surface area contributed by atoms with Crippen LogP contribution in [-0.4, -0.2) is 80.8 Å². The van der Waals surface area contributed by atoms with E-state index in [1.165, 1.54) is 5.56 Å². The molecule has 4 aromatic rings. The summed E-state index contributed by atoms with van der Waals surface area (Å²) in [6.45, 7) is 2.58. The molecule has 0 radical (unpaired) electrons. The van der Waals surface area contributed by atoms with Crippen LogP contribution in [0.1, 0.15) is 18.4 Å². The minimum absolute atomic E-state index is 0.0372. The summed E-state index contributed by atoms with van der Waals surface area (Å²) in [4.78, 5) is 33.0. The number of aryl methyl sites for hydroxylation is 1. The Kier molecular flexibility index (Phi) is 6.21. The Hall–Kier alpha value is -3.79. The van der Waals surface area contributed by atoms with Gasteiger partial charge in [-0.25, -0.2) is 15.0 Å². The van der Waals surface area contributed by atoms with Crippen molar-refractivity contribution in [2.24, 2.45) is 7.05 Å². The van der Waals surface area contributed by atoms with E-state index >= 15 is 0 Å². The Labute approximate surface area is 204 Å². The lowest BCUT2D eigenvalue weighted by Crippen LogP contribution is -2.50. The highest BCUT2D eigenvalue weighted by molar-refractivity contribution is 5.82. The molecule has 35 heavy (non-hydrogen) atoms. The fourth-order valence-electron chi connectivity index (χ4n) is 4.92. The number of carbonyl (C=O) groups excluding carboxylic acids is 1. The topological polar surface area (TPSA) is 108 Å². The van der Waals surface area contributed by atoms with Gasteiger partial charge in [-0.05, 0) is 38.1 Å². The van der Waals surface area contributed by atoms with Crippen molar-refractivity contribution >= 4 is 22.9 Å². The molecular formula is C25H31N9O. The first kappa shape index (κ1) is 23.0. The first-order chi connectivity index (χ1) is 16.9. The molecule has 0 aliphatic carbocycles. The van der Waals surface area contributed by atoms with Gasteiger partial charge in [0.25, 0.3) is 0 Å². The number of imidazole rings is 1. The lowest BCUT2D eigenvalue weighted by Gasteiger charge is -2.43. The summed E-state index contributed by atoms with van der Waals surface area (Å²) < 4.78 is 1.82. The highest BCUT2D eigenvalue weighted by Crippen LogP contribution is 2.38. The van der Waals surface area contributed by atoms with Crippen LogP contribution in [0.3, 0.4) is 0 Å². The van der Waals surface area contributed by atoms with E-state index in [0.29, 0.717) is 18.7 Å². The quantitative estimate of drug-likeness (QED) is 0.422. The molecule has 10 heteroatoms. The highest BCUT2D eigenvalue weighted by atomic mass is 16.2. The van der Waals surface area contributed by atoms with Crippen LogP contribution >= 0.6 is 0 Å². The number of likely N-dealkylation sites (N-methyl/N-ethyl adjacent to an activating group) is 1. The van der Waals surface area contributed by atoms with E-state index in [-0.39, 0.29) is 11.3 Å². The van der Waals surface area contributed by atoms with Gasteiger partial charge in [-0.1, -0.05) is 24.3 Å². The van der Waals surface area contributed by atoms with Crippen LogP contribution < -0.4 is 10.2 Å². The molecule has 1 amide bonds.